The number of benzene rings is 2. The highest BCUT2D eigenvalue weighted by Gasteiger charge is 2.36. The second kappa shape index (κ2) is 9.37. The van der Waals surface area contributed by atoms with Gasteiger partial charge in [0.25, 0.3) is 5.91 Å². The summed E-state index contributed by atoms with van der Waals surface area (Å²) < 4.78 is 7.34. The van der Waals surface area contributed by atoms with Crippen LogP contribution in [0.1, 0.15) is 49.5 Å². The molecule has 3 aromatic rings. The Bertz CT molecular complexity index is 1270. The van der Waals surface area contributed by atoms with Gasteiger partial charge in [-0.15, -0.1) is 0 Å². The van der Waals surface area contributed by atoms with Gasteiger partial charge in [-0.3, -0.25) is 14.4 Å². The zero-order valence-corrected chi connectivity index (χ0v) is 20.4. The van der Waals surface area contributed by atoms with Gasteiger partial charge < -0.3 is 19.9 Å². The molecule has 0 saturated heterocycles. The van der Waals surface area contributed by atoms with Crippen molar-refractivity contribution in [2.45, 2.75) is 51.8 Å². The number of primary amides is 1. The maximum absolute atomic E-state index is 13.1. The number of nitrogens with zero attached hydrogens (tertiary/aromatic N) is 3. The van der Waals surface area contributed by atoms with Gasteiger partial charge in [-0.2, -0.15) is 0 Å². The van der Waals surface area contributed by atoms with E-state index in [9.17, 15) is 14.4 Å². The van der Waals surface area contributed by atoms with E-state index in [1.165, 1.54) is 4.90 Å². The zero-order chi connectivity index (χ0) is 25.3. The van der Waals surface area contributed by atoms with Gasteiger partial charge in [0, 0.05) is 31.1 Å². The number of amides is 2. The number of carbonyl (C=O) groups excluding carboxylic acids is 3. The van der Waals surface area contributed by atoms with Crippen LogP contribution in [0.2, 0.25) is 0 Å². The number of esters is 1. The number of nitrogens with two attached hydrogens (primary N) is 1. The molecule has 2 aromatic carbocycles. The van der Waals surface area contributed by atoms with Crippen LogP contribution in [0.25, 0.3) is 22.6 Å². The fourth-order valence-electron chi connectivity index (χ4n) is 4.39. The number of ether oxygens (including phenoxy) is 1. The highest BCUT2D eigenvalue weighted by Crippen LogP contribution is 2.31. The van der Waals surface area contributed by atoms with E-state index in [0.29, 0.717) is 5.56 Å². The third-order valence-electron chi connectivity index (χ3n) is 6.00. The molecule has 1 aliphatic heterocycles. The molecule has 1 unspecified atom stereocenters. The molecule has 0 fully saturated rings. The molecule has 35 heavy (non-hydrogen) atoms. The molecule has 0 aliphatic carbocycles. The molecule has 2 heterocycles. The highest BCUT2D eigenvalue weighted by atomic mass is 16.6. The summed E-state index contributed by atoms with van der Waals surface area (Å²) in [6, 6.07) is 14.6. The van der Waals surface area contributed by atoms with E-state index >= 15 is 0 Å². The molecule has 8 nitrogen and oxygen atoms in total. The fourth-order valence-corrected chi connectivity index (χ4v) is 4.39. The Labute approximate surface area is 204 Å². The van der Waals surface area contributed by atoms with Gasteiger partial charge >= 0.3 is 5.97 Å². The van der Waals surface area contributed by atoms with Crippen LogP contribution in [0, 0.1) is 0 Å². The highest BCUT2D eigenvalue weighted by molar-refractivity contribution is 6.01. The Morgan fingerprint density at radius 3 is 2.49 bits per heavy atom. The van der Waals surface area contributed by atoms with Gasteiger partial charge in [0.2, 0.25) is 5.91 Å². The van der Waals surface area contributed by atoms with Gasteiger partial charge in [-0.1, -0.05) is 36.4 Å². The number of aromatic nitrogens is 2. The first-order valence-corrected chi connectivity index (χ1v) is 11.6. The monoisotopic (exact) mass is 474 g/mol. The van der Waals surface area contributed by atoms with Crippen molar-refractivity contribution in [3.8, 4) is 22.6 Å². The average Bonchev–Trinajstić information content (AvgIpc) is 3.33. The minimum absolute atomic E-state index is 0.00815. The van der Waals surface area contributed by atoms with Crippen LogP contribution in [0.5, 0.6) is 0 Å². The predicted octanol–water partition coefficient (Wildman–Crippen LogP) is 3.69. The van der Waals surface area contributed by atoms with Crippen molar-refractivity contribution in [1.29, 1.82) is 0 Å². The van der Waals surface area contributed by atoms with Gasteiger partial charge in [-0.05, 0) is 50.5 Å². The fraction of sp³-hybridized carbons (Fsp3) is 0.333. The first-order valence-electron chi connectivity index (χ1n) is 11.6. The number of rotatable bonds is 7. The molecule has 2 amide bonds. The van der Waals surface area contributed by atoms with E-state index < -0.39 is 23.5 Å². The molecule has 0 saturated carbocycles. The van der Waals surface area contributed by atoms with Crippen LogP contribution >= 0.6 is 0 Å². The van der Waals surface area contributed by atoms with Crippen molar-refractivity contribution in [2.75, 3.05) is 0 Å². The van der Waals surface area contributed by atoms with Crippen LogP contribution in [0.3, 0.4) is 0 Å². The first-order chi connectivity index (χ1) is 16.5. The standard InChI is InChI=1S/C27H30N4O4/c1-27(2,3)35-23(32)13-12-21(24(28)33)31-16-19-14-18(10-11-20(19)26(31)34)25-29-15-22(30(25)4)17-8-6-5-7-9-17/h5-11,14-15,21H,12-13,16H2,1-4H3,(H2,28,33). The molecular formula is C27H30N4O4. The molecule has 4 rings (SSSR count). The minimum atomic E-state index is -0.899. The lowest BCUT2D eigenvalue weighted by molar-refractivity contribution is -0.155. The van der Waals surface area contributed by atoms with Crippen molar-refractivity contribution in [1.82, 2.24) is 14.5 Å². The molecule has 0 bridgehead atoms. The Morgan fingerprint density at radius 2 is 1.83 bits per heavy atom. The summed E-state index contributed by atoms with van der Waals surface area (Å²) in [6.07, 6.45) is 1.93. The summed E-state index contributed by atoms with van der Waals surface area (Å²) >= 11 is 0. The molecule has 1 aliphatic rings. The normalized spacial score (nSPS) is 14.1. The lowest BCUT2D eigenvalue weighted by Gasteiger charge is -2.25. The van der Waals surface area contributed by atoms with E-state index in [1.54, 1.807) is 26.8 Å². The quantitative estimate of drug-likeness (QED) is 0.526. The summed E-state index contributed by atoms with van der Waals surface area (Å²) in [4.78, 5) is 43.5. The maximum Gasteiger partial charge on any atom is 0.306 e. The third kappa shape index (κ3) is 5.11. The van der Waals surface area contributed by atoms with E-state index in [4.69, 9.17) is 10.5 Å². The molecule has 2 N–H and O–H groups in total. The van der Waals surface area contributed by atoms with Crippen molar-refractivity contribution >= 4 is 17.8 Å². The summed E-state index contributed by atoms with van der Waals surface area (Å²) in [5.74, 6) is -0.580. The van der Waals surface area contributed by atoms with Crippen LogP contribution in [0.4, 0.5) is 0 Å². The van der Waals surface area contributed by atoms with Crippen molar-refractivity contribution in [3.05, 3.63) is 65.9 Å². The smallest absolute Gasteiger partial charge is 0.306 e. The second-order valence-corrected chi connectivity index (χ2v) is 9.74. The summed E-state index contributed by atoms with van der Waals surface area (Å²) in [5, 5.41) is 0. The van der Waals surface area contributed by atoms with Crippen molar-refractivity contribution in [2.24, 2.45) is 12.8 Å². The molecule has 1 atom stereocenters. The van der Waals surface area contributed by atoms with Crippen molar-refractivity contribution < 1.29 is 19.1 Å². The minimum Gasteiger partial charge on any atom is -0.460 e. The Kier molecular flexibility index (Phi) is 6.47. The molecule has 8 heteroatoms. The van der Waals surface area contributed by atoms with E-state index in [2.05, 4.69) is 4.98 Å². The van der Waals surface area contributed by atoms with Gasteiger partial charge in [-0.25, -0.2) is 4.98 Å². The summed E-state index contributed by atoms with van der Waals surface area (Å²) in [5.41, 5.74) is 9.23. The van der Waals surface area contributed by atoms with E-state index in [-0.39, 0.29) is 25.3 Å². The SMILES string of the molecule is Cn1c(-c2ccccc2)cnc1-c1ccc2c(c1)CN(C(CCC(=O)OC(C)(C)C)C(N)=O)C2=O. The number of carbonyl (C=O) groups is 3. The Hall–Kier alpha value is -3.94. The van der Waals surface area contributed by atoms with Gasteiger partial charge in [0.05, 0.1) is 11.9 Å². The van der Waals surface area contributed by atoms with Gasteiger partial charge in [0.1, 0.15) is 17.5 Å². The van der Waals surface area contributed by atoms with E-state index in [1.807, 2.05) is 60.3 Å². The lowest BCUT2D eigenvalue weighted by Crippen LogP contribution is -2.45. The Morgan fingerprint density at radius 1 is 1.11 bits per heavy atom. The third-order valence-corrected chi connectivity index (χ3v) is 6.00. The summed E-state index contributed by atoms with van der Waals surface area (Å²) in [7, 11) is 1.95. The zero-order valence-electron chi connectivity index (χ0n) is 20.4. The largest absolute Gasteiger partial charge is 0.460 e. The molecule has 182 valence electrons. The average molecular weight is 475 g/mol. The number of hydrogen-bond donors (Lipinski definition) is 1. The first kappa shape index (κ1) is 24.2. The van der Waals surface area contributed by atoms with Crippen LogP contribution in [-0.2, 0) is 27.9 Å². The number of fused-ring (bicyclic) bond motifs is 1. The molecule has 0 spiro atoms. The van der Waals surface area contributed by atoms with Crippen LogP contribution in [-0.4, -0.2) is 43.9 Å². The maximum atomic E-state index is 13.1. The molecular weight excluding hydrogens is 444 g/mol. The van der Waals surface area contributed by atoms with Crippen molar-refractivity contribution in [3.63, 3.8) is 0 Å². The predicted molar refractivity (Wildman–Crippen MR) is 132 cm³/mol. The number of hydrogen-bond acceptors (Lipinski definition) is 5. The Balaban J connectivity index is 1.54. The molecule has 0 radical (unpaired) electrons. The van der Waals surface area contributed by atoms with Gasteiger partial charge in [0.15, 0.2) is 0 Å². The van der Waals surface area contributed by atoms with E-state index in [0.717, 1.165) is 28.2 Å². The second-order valence-electron chi connectivity index (χ2n) is 9.74. The summed E-state index contributed by atoms with van der Waals surface area (Å²) in [6.45, 7) is 5.57. The topological polar surface area (TPSA) is 108 Å². The number of imidazole rings is 1. The molecule has 1 aromatic heterocycles. The lowest BCUT2D eigenvalue weighted by atomic mass is 10.1. The van der Waals surface area contributed by atoms with Crippen LogP contribution < -0.4 is 5.73 Å². The van der Waals surface area contributed by atoms with Crippen LogP contribution in [0.15, 0.2) is 54.7 Å².